The van der Waals surface area contributed by atoms with Gasteiger partial charge in [0.1, 0.15) is 35.0 Å². The second kappa shape index (κ2) is 8.69. The number of ether oxygens (including phenoxy) is 1. The fraction of sp³-hybridized carbons (Fsp3) is 0.143. The first kappa shape index (κ1) is 21.3. The van der Waals surface area contributed by atoms with Crippen molar-refractivity contribution < 1.29 is 26.7 Å². The third-order valence-corrected chi connectivity index (χ3v) is 4.45. The van der Waals surface area contributed by atoms with Crippen molar-refractivity contribution in [1.82, 2.24) is 19.9 Å². The number of nitrogens with zero attached hydrogens (tertiary/aromatic N) is 4. The highest BCUT2D eigenvalue weighted by Crippen LogP contribution is 2.29. The van der Waals surface area contributed by atoms with Crippen LogP contribution < -0.4 is 10.1 Å². The van der Waals surface area contributed by atoms with Gasteiger partial charge in [0.15, 0.2) is 5.69 Å². The average molecular weight is 447 g/mol. The molecule has 4 rings (SSSR count). The monoisotopic (exact) mass is 447 g/mol. The van der Waals surface area contributed by atoms with E-state index in [1.807, 2.05) is 0 Å². The molecule has 0 bridgehead atoms. The summed E-state index contributed by atoms with van der Waals surface area (Å²) in [5.41, 5.74) is -0.348. The van der Waals surface area contributed by atoms with Gasteiger partial charge in [-0.25, -0.2) is 23.7 Å². The molecular weight excluding hydrogens is 433 g/mol. The molecule has 32 heavy (non-hydrogen) atoms. The number of aromatic nitrogens is 4. The van der Waals surface area contributed by atoms with Gasteiger partial charge in [0.25, 0.3) is 0 Å². The molecule has 2 aromatic heterocycles. The highest BCUT2D eigenvalue weighted by atomic mass is 19.4. The summed E-state index contributed by atoms with van der Waals surface area (Å²) in [6, 6.07) is 8.90. The van der Waals surface area contributed by atoms with E-state index in [1.165, 1.54) is 0 Å². The Morgan fingerprint density at radius 3 is 2.38 bits per heavy atom. The number of anilines is 1. The molecule has 0 aliphatic rings. The summed E-state index contributed by atoms with van der Waals surface area (Å²) in [6.45, 7) is 0.360. The van der Waals surface area contributed by atoms with E-state index in [-0.39, 0.29) is 22.5 Å². The highest BCUT2D eigenvalue weighted by molar-refractivity contribution is 5.89. The molecule has 11 heteroatoms. The van der Waals surface area contributed by atoms with Crippen LogP contribution in [0.1, 0.15) is 11.3 Å². The van der Waals surface area contributed by atoms with E-state index in [0.717, 1.165) is 36.3 Å². The molecule has 1 N–H and O–H groups in total. The summed E-state index contributed by atoms with van der Waals surface area (Å²) in [5, 5.41) is 2.93. The quantitative estimate of drug-likeness (QED) is 0.412. The van der Waals surface area contributed by atoms with Crippen LogP contribution >= 0.6 is 0 Å². The fourth-order valence-electron chi connectivity index (χ4n) is 2.94. The largest absolute Gasteiger partial charge is 0.433 e. The molecular formula is C21H14F5N5O. The number of nitrogens with one attached hydrogen (secondary N) is 1. The minimum Gasteiger partial charge on any atom is -0.424 e. The smallest absolute Gasteiger partial charge is 0.424 e. The van der Waals surface area contributed by atoms with Crippen LogP contribution in [0.3, 0.4) is 0 Å². The number of rotatable bonds is 6. The van der Waals surface area contributed by atoms with E-state index in [4.69, 9.17) is 4.74 Å². The van der Waals surface area contributed by atoms with E-state index in [1.54, 1.807) is 24.3 Å². The molecule has 6 nitrogen and oxygen atoms in total. The number of halogens is 5. The number of hydrogen-bond donors (Lipinski definition) is 1. The first-order chi connectivity index (χ1) is 15.3. The van der Waals surface area contributed by atoms with Crippen molar-refractivity contribution in [3.05, 3.63) is 77.9 Å². The molecule has 0 fully saturated rings. The van der Waals surface area contributed by atoms with Gasteiger partial charge >= 0.3 is 12.2 Å². The minimum absolute atomic E-state index is 0.0302. The third kappa shape index (κ3) is 4.71. The molecule has 0 radical (unpaired) electrons. The van der Waals surface area contributed by atoms with E-state index >= 15 is 0 Å². The number of hydrogen-bond acceptors (Lipinski definition) is 6. The molecule has 0 saturated carbocycles. The Kier molecular flexibility index (Phi) is 5.80. The Bertz CT molecular complexity index is 1250. The molecule has 0 unspecified atom stereocenters. The molecule has 0 saturated heterocycles. The molecule has 164 valence electrons. The van der Waals surface area contributed by atoms with Crippen LogP contribution in [-0.4, -0.2) is 26.5 Å². The highest BCUT2D eigenvalue weighted by Gasteiger charge is 2.33. The van der Waals surface area contributed by atoms with Crippen LogP contribution in [0.5, 0.6) is 11.8 Å². The Labute approximate surface area is 178 Å². The van der Waals surface area contributed by atoms with E-state index in [0.29, 0.717) is 13.0 Å². The van der Waals surface area contributed by atoms with Crippen LogP contribution in [0.2, 0.25) is 0 Å². The maximum Gasteiger partial charge on any atom is 0.433 e. The van der Waals surface area contributed by atoms with Crippen molar-refractivity contribution in [2.75, 3.05) is 11.9 Å². The van der Waals surface area contributed by atoms with Crippen LogP contribution in [0.4, 0.5) is 27.8 Å². The molecule has 0 atom stereocenters. The summed E-state index contributed by atoms with van der Waals surface area (Å²) < 4.78 is 71.4. The summed E-state index contributed by atoms with van der Waals surface area (Å²) in [6.07, 6.45) is -1.98. The van der Waals surface area contributed by atoms with Gasteiger partial charge in [-0.15, -0.1) is 0 Å². The van der Waals surface area contributed by atoms with E-state index < -0.39 is 29.5 Å². The maximum atomic E-state index is 14.1. The summed E-state index contributed by atoms with van der Waals surface area (Å²) in [7, 11) is 0. The van der Waals surface area contributed by atoms with Crippen molar-refractivity contribution in [3.63, 3.8) is 0 Å². The lowest BCUT2D eigenvalue weighted by molar-refractivity contribution is -0.141. The number of alkyl halides is 3. The van der Waals surface area contributed by atoms with Crippen molar-refractivity contribution in [2.24, 2.45) is 0 Å². The van der Waals surface area contributed by atoms with Crippen LogP contribution in [0.15, 0.2) is 55.0 Å². The van der Waals surface area contributed by atoms with E-state index in [9.17, 15) is 22.0 Å². The van der Waals surface area contributed by atoms with Crippen LogP contribution in [0, 0.1) is 11.6 Å². The van der Waals surface area contributed by atoms with Gasteiger partial charge in [-0.05, 0) is 42.3 Å². The summed E-state index contributed by atoms with van der Waals surface area (Å²) in [5.74, 6) is -0.843. The molecule has 0 spiro atoms. The Morgan fingerprint density at radius 2 is 1.62 bits per heavy atom. The topological polar surface area (TPSA) is 72.8 Å². The summed E-state index contributed by atoms with van der Waals surface area (Å²) in [4.78, 5) is 14.8. The van der Waals surface area contributed by atoms with Gasteiger partial charge in [-0.2, -0.15) is 18.2 Å². The zero-order valence-corrected chi connectivity index (χ0v) is 16.2. The Balaban J connectivity index is 1.39. The number of fused-ring (bicyclic) bond motifs is 1. The first-order valence-electron chi connectivity index (χ1n) is 9.31. The minimum atomic E-state index is -4.60. The zero-order chi connectivity index (χ0) is 22.7. The second-order valence-corrected chi connectivity index (χ2v) is 6.62. The fourth-order valence-corrected chi connectivity index (χ4v) is 2.94. The normalized spacial score (nSPS) is 11.5. The van der Waals surface area contributed by atoms with Crippen LogP contribution in [-0.2, 0) is 12.6 Å². The van der Waals surface area contributed by atoms with E-state index in [2.05, 4.69) is 25.3 Å². The second-order valence-electron chi connectivity index (χ2n) is 6.62. The van der Waals surface area contributed by atoms with Crippen molar-refractivity contribution in [3.8, 4) is 11.8 Å². The van der Waals surface area contributed by atoms with Crippen molar-refractivity contribution in [1.29, 1.82) is 0 Å². The molecule has 4 aromatic rings. The van der Waals surface area contributed by atoms with Gasteiger partial charge in [0.2, 0.25) is 0 Å². The molecule has 0 amide bonds. The molecule has 2 heterocycles. The average Bonchev–Trinajstić information content (AvgIpc) is 2.77. The van der Waals surface area contributed by atoms with Gasteiger partial charge in [-0.1, -0.05) is 12.1 Å². The zero-order valence-electron chi connectivity index (χ0n) is 16.2. The van der Waals surface area contributed by atoms with Gasteiger partial charge in [0, 0.05) is 12.7 Å². The Morgan fingerprint density at radius 1 is 0.875 bits per heavy atom. The van der Waals surface area contributed by atoms with Crippen LogP contribution in [0.25, 0.3) is 10.9 Å². The van der Waals surface area contributed by atoms with Gasteiger partial charge < -0.3 is 10.1 Å². The Hall–Kier alpha value is -3.89. The van der Waals surface area contributed by atoms with Gasteiger partial charge in [0.05, 0.1) is 5.39 Å². The third-order valence-electron chi connectivity index (χ3n) is 4.45. The molecule has 0 aliphatic heterocycles. The van der Waals surface area contributed by atoms with Gasteiger partial charge in [-0.3, -0.25) is 0 Å². The SMILES string of the molecule is Fc1ccc(F)c2c(NCCc3ccc(Oc4nccc(C(F)(F)F)n4)cc3)ncnc12. The predicted octanol–water partition coefficient (Wildman–Crippen LogP) is 5.16. The molecule has 0 aliphatic carbocycles. The predicted molar refractivity (Wildman–Crippen MR) is 105 cm³/mol. The lowest BCUT2D eigenvalue weighted by Crippen LogP contribution is -2.09. The maximum absolute atomic E-state index is 14.1. The first-order valence-corrected chi connectivity index (χ1v) is 9.31. The standard InChI is InChI=1S/C21H14F5N5O/c22-14-5-6-15(23)18-17(14)19(30-11-29-18)27-9-7-12-1-3-13(4-2-12)32-20-28-10-8-16(31-20)21(24,25)26/h1-6,8,10-11H,7,9H2,(H,27,29,30). The van der Waals surface area contributed by atoms with Crippen molar-refractivity contribution in [2.45, 2.75) is 12.6 Å². The van der Waals surface area contributed by atoms with Crippen molar-refractivity contribution >= 4 is 16.7 Å². The number of benzene rings is 2. The summed E-state index contributed by atoms with van der Waals surface area (Å²) >= 11 is 0. The molecule has 2 aromatic carbocycles. The lowest BCUT2D eigenvalue weighted by atomic mass is 10.1. The lowest BCUT2D eigenvalue weighted by Gasteiger charge is -2.10.